The second kappa shape index (κ2) is 1.50. The van der Waals surface area contributed by atoms with E-state index in [0.717, 1.165) is 0 Å². The van der Waals surface area contributed by atoms with Gasteiger partial charge in [0.25, 0.3) is 0 Å². The lowest BCUT2D eigenvalue weighted by molar-refractivity contribution is 1.20. The van der Waals surface area contributed by atoms with Crippen LogP contribution in [0.2, 0.25) is 0 Å². The molecule has 2 nitrogen and oxygen atoms in total. The van der Waals surface area contributed by atoms with Gasteiger partial charge in [-0.05, 0) is 0 Å². The fourth-order valence-electron chi connectivity index (χ4n) is 0.225. The Morgan fingerprint density at radius 1 is 1.17 bits per heavy atom. The van der Waals surface area contributed by atoms with Gasteiger partial charge < -0.3 is 0 Å². The summed E-state index contributed by atoms with van der Waals surface area (Å²) in [6.07, 6.45) is 4.63. The van der Waals surface area contributed by atoms with Crippen LogP contribution >= 0.6 is 0 Å². The minimum absolute atomic E-state index is 0.211. The molecular weight excluding hydrogens is 76.1 g/mol. The van der Waals surface area contributed by atoms with Gasteiger partial charge in [0.2, 0.25) is 0 Å². The highest BCUT2D eigenvalue weighted by Gasteiger charge is 1.59. The third-order valence-electron chi connectivity index (χ3n) is 0.434. The zero-order valence-electron chi connectivity index (χ0n) is 4.13. The van der Waals surface area contributed by atoms with E-state index in [9.17, 15) is 0 Å². The van der Waals surface area contributed by atoms with Crippen LogP contribution < -0.4 is 0 Å². The van der Waals surface area contributed by atoms with E-state index in [1.165, 1.54) is 18.6 Å². The van der Waals surface area contributed by atoms with Crippen molar-refractivity contribution in [1.29, 1.82) is 0 Å². The van der Waals surface area contributed by atoms with Crippen LogP contribution in [0.1, 0.15) is 1.37 Å². The van der Waals surface area contributed by atoms with Crippen LogP contribution in [0.25, 0.3) is 0 Å². The van der Waals surface area contributed by atoms with Crippen molar-refractivity contribution in [2.45, 2.75) is 0 Å². The van der Waals surface area contributed by atoms with Crippen LogP contribution in [0.15, 0.2) is 24.8 Å². The molecule has 0 saturated carbocycles. The summed E-state index contributed by atoms with van der Waals surface area (Å²) < 4.78 is 6.82. The molecule has 30 valence electrons. The molecule has 0 atom stereocenters. The Hall–Kier alpha value is -0.920. The van der Waals surface area contributed by atoms with Gasteiger partial charge in [-0.3, -0.25) is 9.97 Å². The second-order valence-corrected chi connectivity index (χ2v) is 0.835. The minimum atomic E-state index is 0.211. The third-order valence-corrected chi connectivity index (χ3v) is 0.434. The fraction of sp³-hybridized carbons (Fsp3) is 0. The molecule has 6 heavy (non-hydrogen) atoms. The average molecular weight is 81.1 g/mol. The Morgan fingerprint density at radius 3 is 2.33 bits per heavy atom. The molecule has 1 rings (SSSR count). The molecule has 1 heterocycles. The lowest BCUT2D eigenvalue weighted by Gasteiger charge is -1.70. The summed E-state index contributed by atoms with van der Waals surface area (Å²) >= 11 is 0. The van der Waals surface area contributed by atoms with Gasteiger partial charge in [0.15, 0.2) is 0 Å². The van der Waals surface area contributed by atoms with Crippen molar-refractivity contribution in [3.63, 3.8) is 0 Å². The highest BCUT2D eigenvalue weighted by Crippen LogP contribution is 1.65. The van der Waals surface area contributed by atoms with E-state index in [1.807, 2.05) is 0 Å². The van der Waals surface area contributed by atoms with Crippen LogP contribution in [0.3, 0.4) is 0 Å². The normalized spacial score (nSPS) is 10.3. The topological polar surface area (TPSA) is 25.8 Å². The van der Waals surface area contributed by atoms with Crippen LogP contribution in [0.4, 0.5) is 0 Å². The molecule has 0 fully saturated rings. The Labute approximate surface area is 37.3 Å². The zero-order valence-corrected chi connectivity index (χ0v) is 3.13. The zero-order chi connectivity index (χ0) is 5.11. The molecule has 0 aliphatic rings. The minimum Gasteiger partial charge on any atom is -0.262 e. The quantitative estimate of drug-likeness (QED) is 0.454. The van der Waals surface area contributed by atoms with Crippen LogP contribution in [0, 0.1) is 0 Å². The first-order valence-electron chi connectivity index (χ1n) is 2.12. The van der Waals surface area contributed by atoms with Crippen molar-refractivity contribution >= 4 is 0 Å². The molecule has 0 unspecified atom stereocenters. The summed E-state index contributed by atoms with van der Waals surface area (Å²) in [7, 11) is 0. The van der Waals surface area contributed by atoms with Crippen molar-refractivity contribution < 1.29 is 1.37 Å². The monoisotopic (exact) mass is 81.0 g/mol. The summed E-state index contributed by atoms with van der Waals surface area (Å²) in [5.41, 5.74) is 0. The largest absolute Gasteiger partial charge is 0.262 e. The predicted octanol–water partition coefficient (Wildman–Crippen LogP) is 0.477. The smallest absolute Gasteiger partial charge is 0.0857 e. The second-order valence-electron chi connectivity index (χ2n) is 0.835. The van der Waals surface area contributed by atoms with Gasteiger partial charge in [0.1, 0.15) is 0 Å². The van der Waals surface area contributed by atoms with Gasteiger partial charge in [0, 0.05) is 24.8 Å². The molecule has 0 bridgehead atoms. The van der Waals surface area contributed by atoms with Crippen molar-refractivity contribution in [3.8, 4) is 0 Å². The summed E-state index contributed by atoms with van der Waals surface area (Å²) in [5, 5.41) is 0. The standard InChI is InChI=1S/C4H4N2/c1-2-6-4-3-5-1/h1-4H/i1D. The molecule has 0 saturated heterocycles. The first kappa shape index (κ1) is 2.29. The van der Waals surface area contributed by atoms with Gasteiger partial charge in [-0.25, -0.2) is 0 Å². The van der Waals surface area contributed by atoms with Gasteiger partial charge >= 0.3 is 0 Å². The maximum absolute atomic E-state index is 6.82. The summed E-state index contributed by atoms with van der Waals surface area (Å²) in [6.45, 7) is 0. The predicted molar refractivity (Wildman–Crippen MR) is 22.0 cm³/mol. The molecule has 0 amide bonds. The Kier molecular flexibility index (Phi) is 0.572. The highest BCUT2D eigenvalue weighted by molar-refractivity contribution is 4.70. The molecule has 0 N–H and O–H groups in total. The van der Waals surface area contributed by atoms with E-state index in [4.69, 9.17) is 1.37 Å². The maximum Gasteiger partial charge on any atom is 0.0857 e. The first-order valence-corrected chi connectivity index (χ1v) is 1.62. The SMILES string of the molecule is [2H]c1cnccn1. The van der Waals surface area contributed by atoms with E-state index < -0.39 is 0 Å². The van der Waals surface area contributed by atoms with E-state index in [0.29, 0.717) is 0 Å². The molecule has 0 aliphatic carbocycles. The van der Waals surface area contributed by atoms with Crippen molar-refractivity contribution in [3.05, 3.63) is 24.8 Å². The number of aromatic nitrogens is 2. The molecule has 0 aliphatic heterocycles. The Morgan fingerprint density at radius 2 is 2.00 bits per heavy atom. The lowest BCUT2D eigenvalue weighted by atomic mass is 10.8. The number of nitrogens with zero attached hydrogens (tertiary/aromatic N) is 2. The van der Waals surface area contributed by atoms with Gasteiger partial charge in [0.05, 0.1) is 1.37 Å². The van der Waals surface area contributed by atoms with E-state index in [2.05, 4.69) is 9.97 Å². The Bertz CT molecular complexity index is 140. The van der Waals surface area contributed by atoms with Gasteiger partial charge in [-0.15, -0.1) is 0 Å². The van der Waals surface area contributed by atoms with Crippen molar-refractivity contribution in [2.24, 2.45) is 0 Å². The summed E-state index contributed by atoms with van der Waals surface area (Å²) in [4.78, 5) is 7.22. The van der Waals surface area contributed by atoms with Crippen LogP contribution in [-0.2, 0) is 0 Å². The van der Waals surface area contributed by atoms with E-state index in [1.54, 1.807) is 0 Å². The molecule has 0 spiro atoms. The van der Waals surface area contributed by atoms with Crippen LogP contribution in [0.5, 0.6) is 0 Å². The van der Waals surface area contributed by atoms with Crippen molar-refractivity contribution in [1.82, 2.24) is 9.97 Å². The van der Waals surface area contributed by atoms with Gasteiger partial charge in [-0.1, -0.05) is 0 Å². The number of hydrogen-bond donors (Lipinski definition) is 0. The highest BCUT2D eigenvalue weighted by atomic mass is 14.7. The molecule has 1 aromatic rings. The number of hydrogen-bond acceptors (Lipinski definition) is 2. The summed E-state index contributed by atoms with van der Waals surface area (Å²) in [6, 6.07) is 0. The molecule has 0 aromatic carbocycles. The van der Waals surface area contributed by atoms with E-state index >= 15 is 0 Å². The molecule has 0 radical (unpaired) electrons. The van der Waals surface area contributed by atoms with Crippen LogP contribution in [-0.4, -0.2) is 9.97 Å². The average Bonchev–Trinajstić information content (AvgIpc) is 1.69. The molecular formula is C4H4N2. The summed E-state index contributed by atoms with van der Waals surface area (Å²) in [5.74, 6) is 0. The Balaban J connectivity index is 3.02. The maximum atomic E-state index is 6.82. The molecule has 1 aromatic heterocycles. The number of rotatable bonds is 0. The lowest BCUT2D eigenvalue weighted by Crippen LogP contribution is -1.66. The van der Waals surface area contributed by atoms with E-state index in [-0.39, 0.29) is 6.17 Å². The van der Waals surface area contributed by atoms with Crippen molar-refractivity contribution in [2.75, 3.05) is 0 Å². The molecule has 2 heteroatoms. The van der Waals surface area contributed by atoms with Gasteiger partial charge in [-0.2, -0.15) is 0 Å². The fourth-order valence-corrected chi connectivity index (χ4v) is 0.225. The first-order chi connectivity index (χ1) is 3.39. The third kappa shape index (κ3) is 0.516.